The molecule has 1 N–H and O–H groups in total. The number of anilines is 1. The topological polar surface area (TPSA) is 49.4 Å². The third-order valence-corrected chi connectivity index (χ3v) is 3.40. The van der Waals surface area contributed by atoms with E-state index in [-0.39, 0.29) is 24.4 Å². The molecular formula is C15H20N2O2. The molecule has 0 radical (unpaired) electrons. The van der Waals surface area contributed by atoms with Crippen LogP contribution >= 0.6 is 0 Å². The fraction of sp³-hybridized carbons (Fsp3) is 0.467. The Hall–Kier alpha value is -1.84. The molecule has 1 heterocycles. The highest BCUT2D eigenvalue weighted by atomic mass is 16.2. The van der Waals surface area contributed by atoms with Crippen molar-refractivity contribution in [3.05, 3.63) is 29.8 Å². The maximum absolute atomic E-state index is 12.5. The lowest BCUT2D eigenvalue weighted by atomic mass is 9.86. The molecule has 0 saturated heterocycles. The molecule has 0 aromatic heterocycles. The van der Waals surface area contributed by atoms with Crippen molar-refractivity contribution in [3.8, 4) is 0 Å². The Kier molecular flexibility index (Phi) is 3.35. The van der Waals surface area contributed by atoms with E-state index in [0.29, 0.717) is 0 Å². The van der Waals surface area contributed by atoms with E-state index in [4.69, 9.17) is 0 Å². The van der Waals surface area contributed by atoms with E-state index in [1.54, 1.807) is 4.90 Å². The number of hydrogen-bond acceptors (Lipinski definition) is 2. The Labute approximate surface area is 113 Å². The predicted octanol–water partition coefficient (Wildman–Crippen LogP) is 1.84. The molecule has 4 heteroatoms. The second kappa shape index (κ2) is 4.68. The lowest BCUT2D eigenvalue weighted by Crippen LogP contribution is -2.44. The zero-order chi connectivity index (χ0) is 14.2. The van der Waals surface area contributed by atoms with Gasteiger partial charge < -0.3 is 10.2 Å². The smallest absolute Gasteiger partial charge is 0.240 e. The van der Waals surface area contributed by atoms with Gasteiger partial charge in [0.15, 0.2) is 0 Å². The van der Waals surface area contributed by atoms with Crippen LogP contribution in [-0.4, -0.2) is 24.4 Å². The Balaban J connectivity index is 2.28. The third-order valence-electron chi connectivity index (χ3n) is 3.40. The van der Waals surface area contributed by atoms with Gasteiger partial charge in [-0.15, -0.1) is 0 Å². The number of rotatable bonds is 3. The van der Waals surface area contributed by atoms with Crippen LogP contribution in [0.25, 0.3) is 0 Å². The first-order chi connectivity index (χ1) is 8.84. The first kappa shape index (κ1) is 13.6. The number of fused-ring (bicyclic) bond motifs is 1. The van der Waals surface area contributed by atoms with Crippen molar-refractivity contribution >= 4 is 17.5 Å². The van der Waals surface area contributed by atoms with Crippen LogP contribution in [0.1, 0.15) is 33.3 Å². The van der Waals surface area contributed by atoms with Crippen LogP contribution in [0.4, 0.5) is 5.69 Å². The molecule has 0 aliphatic carbocycles. The van der Waals surface area contributed by atoms with Gasteiger partial charge in [-0.25, -0.2) is 0 Å². The zero-order valence-electron chi connectivity index (χ0n) is 11.9. The Morgan fingerprint density at radius 1 is 1.32 bits per heavy atom. The lowest BCUT2D eigenvalue weighted by Gasteiger charge is -2.20. The van der Waals surface area contributed by atoms with E-state index in [9.17, 15) is 9.59 Å². The van der Waals surface area contributed by atoms with Gasteiger partial charge in [0.25, 0.3) is 0 Å². The van der Waals surface area contributed by atoms with Crippen LogP contribution in [-0.2, 0) is 15.0 Å². The Bertz CT molecular complexity index is 521. The molecule has 19 heavy (non-hydrogen) atoms. The van der Waals surface area contributed by atoms with Crippen LogP contribution in [0.2, 0.25) is 0 Å². The molecular weight excluding hydrogens is 240 g/mol. The third kappa shape index (κ3) is 2.35. The second-order valence-corrected chi connectivity index (χ2v) is 5.76. The van der Waals surface area contributed by atoms with Gasteiger partial charge in [0.05, 0.1) is 5.41 Å². The molecule has 1 aliphatic rings. The molecule has 1 aliphatic heterocycles. The molecule has 2 amide bonds. The first-order valence-corrected chi connectivity index (χ1v) is 6.55. The van der Waals surface area contributed by atoms with Gasteiger partial charge in [0, 0.05) is 11.7 Å². The van der Waals surface area contributed by atoms with E-state index in [1.807, 2.05) is 52.0 Å². The van der Waals surface area contributed by atoms with E-state index < -0.39 is 5.41 Å². The van der Waals surface area contributed by atoms with Gasteiger partial charge in [0.1, 0.15) is 6.54 Å². The molecule has 4 nitrogen and oxygen atoms in total. The molecule has 0 bridgehead atoms. The number of benzene rings is 1. The summed E-state index contributed by atoms with van der Waals surface area (Å²) < 4.78 is 0. The summed E-state index contributed by atoms with van der Waals surface area (Å²) in [5.74, 6) is -0.150. The SMILES string of the molecule is CC(C)NC(=O)CN1C(=O)C(C)(C)c2ccccc21. The Morgan fingerprint density at radius 2 is 1.95 bits per heavy atom. The largest absolute Gasteiger partial charge is 0.352 e. The predicted molar refractivity (Wildman–Crippen MR) is 75.1 cm³/mol. The van der Waals surface area contributed by atoms with Crippen molar-refractivity contribution in [1.29, 1.82) is 0 Å². The van der Waals surface area contributed by atoms with Crippen molar-refractivity contribution in [2.24, 2.45) is 0 Å². The molecule has 0 atom stereocenters. The fourth-order valence-corrected chi connectivity index (χ4v) is 2.47. The summed E-state index contributed by atoms with van der Waals surface area (Å²) in [5.41, 5.74) is 1.27. The molecule has 1 aromatic rings. The Morgan fingerprint density at radius 3 is 2.58 bits per heavy atom. The van der Waals surface area contributed by atoms with E-state index >= 15 is 0 Å². The number of amides is 2. The summed E-state index contributed by atoms with van der Waals surface area (Å²) in [5, 5.41) is 2.82. The van der Waals surface area contributed by atoms with Crippen LogP contribution in [0.15, 0.2) is 24.3 Å². The first-order valence-electron chi connectivity index (χ1n) is 6.55. The summed E-state index contributed by atoms with van der Waals surface area (Å²) in [6.45, 7) is 7.68. The molecule has 0 saturated carbocycles. The maximum atomic E-state index is 12.5. The molecule has 0 unspecified atom stereocenters. The number of carbonyl (C=O) groups excluding carboxylic acids is 2. The monoisotopic (exact) mass is 260 g/mol. The number of carbonyl (C=O) groups is 2. The van der Waals surface area contributed by atoms with Crippen LogP contribution in [0, 0.1) is 0 Å². The molecule has 2 rings (SSSR count). The number of para-hydroxylation sites is 1. The normalized spacial score (nSPS) is 16.7. The average molecular weight is 260 g/mol. The minimum absolute atomic E-state index is 0.0207. The average Bonchev–Trinajstić information content (AvgIpc) is 2.51. The van der Waals surface area contributed by atoms with Gasteiger partial charge in [-0.05, 0) is 39.3 Å². The van der Waals surface area contributed by atoms with Crippen molar-refractivity contribution < 1.29 is 9.59 Å². The van der Waals surface area contributed by atoms with Crippen molar-refractivity contribution in [1.82, 2.24) is 5.32 Å². The summed E-state index contributed by atoms with van der Waals surface area (Å²) in [6.07, 6.45) is 0. The minimum Gasteiger partial charge on any atom is -0.352 e. The fourth-order valence-electron chi connectivity index (χ4n) is 2.47. The van der Waals surface area contributed by atoms with E-state index in [2.05, 4.69) is 5.32 Å². The summed E-state index contributed by atoms with van der Waals surface area (Å²) in [6, 6.07) is 7.73. The van der Waals surface area contributed by atoms with Crippen LogP contribution in [0.5, 0.6) is 0 Å². The highest BCUT2D eigenvalue weighted by Crippen LogP contribution is 2.40. The van der Waals surface area contributed by atoms with Gasteiger partial charge in [-0.1, -0.05) is 18.2 Å². The molecule has 0 spiro atoms. The number of nitrogens with zero attached hydrogens (tertiary/aromatic N) is 1. The quantitative estimate of drug-likeness (QED) is 0.901. The van der Waals surface area contributed by atoms with Gasteiger partial charge in [0.2, 0.25) is 11.8 Å². The highest BCUT2D eigenvalue weighted by molar-refractivity contribution is 6.10. The summed E-state index contributed by atoms with van der Waals surface area (Å²) in [4.78, 5) is 25.9. The van der Waals surface area contributed by atoms with Gasteiger partial charge >= 0.3 is 0 Å². The van der Waals surface area contributed by atoms with Gasteiger partial charge in [-0.2, -0.15) is 0 Å². The molecule has 0 fully saturated rings. The van der Waals surface area contributed by atoms with Gasteiger partial charge in [-0.3, -0.25) is 9.59 Å². The lowest BCUT2D eigenvalue weighted by molar-refractivity contribution is -0.125. The second-order valence-electron chi connectivity index (χ2n) is 5.76. The highest BCUT2D eigenvalue weighted by Gasteiger charge is 2.44. The van der Waals surface area contributed by atoms with E-state index in [1.165, 1.54) is 0 Å². The number of hydrogen-bond donors (Lipinski definition) is 1. The standard InChI is InChI=1S/C15H20N2O2/c1-10(2)16-13(18)9-17-12-8-6-5-7-11(12)15(3,4)14(17)19/h5-8,10H,9H2,1-4H3,(H,16,18). The van der Waals surface area contributed by atoms with Crippen molar-refractivity contribution in [3.63, 3.8) is 0 Å². The summed E-state index contributed by atoms with van der Waals surface area (Å²) >= 11 is 0. The zero-order valence-corrected chi connectivity index (χ0v) is 11.9. The molecule has 1 aromatic carbocycles. The van der Waals surface area contributed by atoms with Crippen molar-refractivity contribution in [2.75, 3.05) is 11.4 Å². The summed E-state index contributed by atoms with van der Waals surface area (Å²) in [7, 11) is 0. The van der Waals surface area contributed by atoms with Crippen molar-refractivity contribution in [2.45, 2.75) is 39.2 Å². The van der Waals surface area contributed by atoms with Crippen LogP contribution < -0.4 is 10.2 Å². The maximum Gasteiger partial charge on any atom is 0.240 e. The number of nitrogens with one attached hydrogen (secondary N) is 1. The molecule has 102 valence electrons. The van der Waals surface area contributed by atoms with Crippen LogP contribution in [0.3, 0.4) is 0 Å². The minimum atomic E-state index is -0.561. The van der Waals surface area contributed by atoms with E-state index in [0.717, 1.165) is 11.3 Å².